The molecular formula is C80H140NO8P. The lowest BCUT2D eigenvalue weighted by Gasteiger charge is -2.28. The molecule has 0 spiro atoms. The van der Waals surface area contributed by atoms with E-state index in [0.717, 1.165) is 116 Å². The van der Waals surface area contributed by atoms with E-state index in [1.807, 2.05) is 21.1 Å². The predicted octanol–water partition coefficient (Wildman–Crippen LogP) is 24.0. The van der Waals surface area contributed by atoms with Gasteiger partial charge >= 0.3 is 11.9 Å². The summed E-state index contributed by atoms with van der Waals surface area (Å²) in [5, 5.41) is 0. The number of rotatable bonds is 68. The van der Waals surface area contributed by atoms with E-state index in [1.54, 1.807) is 0 Å². The number of allylic oxidation sites excluding steroid dienone is 20. The van der Waals surface area contributed by atoms with Crippen molar-refractivity contribution in [2.45, 2.75) is 328 Å². The van der Waals surface area contributed by atoms with Crippen LogP contribution in [0.3, 0.4) is 0 Å². The third-order valence-corrected chi connectivity index (χ3v) is 16.9. The van der Waals surface area contributed by atoms with Gasteiger partial charge in [0.25, 0.3) is 7.82 Å². The molecule has 0 radical (unpaired) electrons. The number of unbranched alkanes of at least 4 members (excludes halogenated alkanes) is 34. The Kier molecular flexibility index (Phi) is 67.0. The predicted molar refractivity (Wildman–Crippen MR) is 388 cm³/mol. The first kappa shape index (κ1) is 86.4. The number of likely N-dealkylation sites (N-methyl/N-ethyl adjacent to an activating group) is 1. The van der Waals surface area contributed by atoms with Crippen molar-refractivity contribution in [3.05, 3.63) is 122 Å². The summed E-state index contributed by atoms with van der Waals surface area (Å²) in [4.78, 5) is 38.1. The van der Waals surface area contributed by atoms with Crippen LogP contribution in [0.5, 0.6) is 0 Å². The summed E-state index contributed by atoms with van der Waals surface area (Å²) in [5.74, 6) is -0.846. The molecule has 0 saturated carbocycles. The first-order valence-corrected chi connectivity index (χ1v) is 38.7. The van der Waals surface area contributed by atoms with Gasteiger partial charge in [0.2, 0.25) is 0 Å². The molecule has 0 saturated heterocycles. The van der Waals surface area contributed by atoms with Gasteiger partial charge in [-0.1, -0.05) is 322 Å². The van der Waals surface area contributed by atoms with Crippen LogP contribution < -0.4 is 4.89 Å². The summed E-state index contributed by atoms with van der Waals surface area (Å²) >= 11 is 0. The first-order valence-electron chi connectivity index (χ1n) is 37.2. The molecule has 0 rings (SSSR count). The fourth-order valence-electron chi connectivity index (χ4n) is 10.3. The Bertz CT molecular complexity index is 1940. The Morgan fingerprint density at radius 3 is 0.944 bits per heavy atom. The number of quaternary nitrogens is 1. The number of carbonyl (C=O) groups excluding carboxylic acids is 2. The van der Waals surface area contributed by atoms with E-state index < -0.39 is 26.5 Å². The van der Waals surface area contributed by atoms with Gasteiger partial charge in [-0.15, -0.1) is 0 Å². The number of nitrogens with zero attached hydrogens (tertiary/aromatic N) is 1. The van der Waals surface area contributed by atoms with Crippen molar-refractivity contribution < 1.29 is 42.1 Å². The van der Waals surface area contributed by atoms with Crippen LogP contribution in [0.25, 0.3) is 0 Å². The van der Waals surface area contributed by atoms with Gasteiger partial charge in [-0.3, -0.25) is 14.2 Å². The zero-order chi connectivity index (χ0) is 65.5. The molecule has 0 amide bonds. The quantitative estimate of drug-likeness (QED) is 0.0195. The number of esters is 2. The van der Waals surface area contributed by atoms with E-state index in [9.17, 15) is 19.0 Å². The maximum atomic E-state index is 12.9. The van der Waals surface area contributed by atoms with E-state index >= 15 is 0 Å². The molecule has 2 atom stereocenters. The number of carbonyl (C=O) groups is 2. The highest BCUT2D eigenvalue weighted by Gasteiger charge is 2.22. The SMILES string of the molecule is CC/C=C\C/C=C\C/C=C\C/C=C\C/C=C\C/C=C\C/C=C\C/C=C\CCCCCCCCC(=O)OC(COC(=O)CCCCCCCCCCCCCCCCCCCCCCCCC/C=C\C/C=C\CCCCCCC)COP(=O)([O-])OCC[N+](C)(C)C. The van der Waals surface area contributed by atoms with Crippen LogP contribution in [0, 0.1) is 0 Å². The fraction of sp³-hybridized carbons (Fsp3) is 0.725. The fourth-order valence-corrected chi connectivity index (χ4v) is 11.0. The number of ether oxygens (including phenoxy) is 2. The van der Waals surface area contributed by atoms with Crippen LogP contribution in [-0.2, 0) is 32.7 Å². The largest absolute Gasteiger partial charge is 0.756 e. The Morgan fingerprint density at radius 1 is 0.356 bits per heavy atom. The van der Waals surface area contributed by atoms with Gasteiger partial charge in [-0.2, -0.15) is 0 Å². The number of phosphoric acid groups is 1. The van der Waals surface area contributed by atoms with Crippen LogP contribution in [0.4, 0.5) is 0 Å². The molecule has 518 valence electrons. The van der Waals surface area contributed by atoms with Crippen molar-refractivity contribution in [3.8, 4) is 0 Å². The maximum absolute atomic E-state index is 12.9. The smallest absolute Gasteiger partial charge is 0.306 e. The zero-order valence-electron chi connectivity index (χ0n) is 59.1. The third-order valence-electron chi connectivity index (χ3n) is 16.0. The molecule has 0 aliphatic heterocycles. The molecule has 2 unspecified atom stereocenters. The number of phosphoric ester groups is 1. The van der Waals surface area contributed by atoms with Crippen molar-refractivity contribution in [2.75, 3.05) is 47.5 Å². The van der Waals surface area contributed by atoms with Crippen molar-refractivity contribution in [3.63, 3.8) is 0 Å². The lowest BCUT2D eigenvalue weighted by molar-refractivity contribution is -0.870. The molecule has 9 nitrogen and oxygen atoms in total. The van der Waals surface area contributed by atoms with Crippen LogP contribution >= 0.6 is 7.82 Å². The summed E-state index contributed by atoms with van der Waals surface area (Å²) in [7, 11) is 1.15. The summed E-state index contributed by atoms with van der Waals surface area (Å²) in [5.41, 5.74) is 0. The molecule has 0 aliphatic carbocycles. The minimum atomic E-state index is -4.66. The molecule has 10 heteroatoms. The molecule has 0 aromatic rings. The van der Waals surface area contributed by atoms with Gasteiger partial charge < -0.3 is 27.9 Å². The Labute approximate surface area is 556 Å². The van der Waals surface area contributed by atoms with Gasteiger partial charge in [-0.05, 0) is 109 Å². The van der Waals surface area contributed by atoms with Crippen molar-refractivity contribution >= 4 is 19.8 Å². The standard InChI is InChI=1S/C80H140NO8P/c1-6-8-10-12-14-16-18-20-22-24-26-28-30-32-34-36-38-39-40-41-43-44-46-48-50-52-54-56-58-60-62-64-66-68-70-72-79(82)86-76-78(77-88-90(84,85)87-75-74-81(3,4)5)89-80(83)73-71-69-67-65-63-61-59-57-55-53-51-49-47-45-42-37-35-33-31-29-27-25-23-21-19-17-15-13-11-9-7-2/h9,11,15,17-18,20-21,23-24,26-27,29,33,35,42,45,49,51,55,57,78H,6-8,10,12-14,16,19,22,25,28,30-32,34,36-41,43-44,46-48,50,52-54,56,58-77H2,1-5H3/b11-9-,17-15-,20-18-,23-21-,26-24-,29-27-,35-33-,45-42-,51-49-,57-55-. The van der Waals surface area contributed by atoms with E-state index in [1.165, 1.54) is 173 Å². The highest BCUT2D eigenvalue weighted by Crippen LogP contribution is 2.38. The van der Waals surface area contributed by atoms with Gasteiger partial charge in [-0.25, -0.2) is 0 Å². The van der Waals surface area contributed by atoms with E-state index in [2.05, 4.69) is 135 Å². The Hall–Kier alpha value is -3.59. The van der Waals surface area contributed by atoms with Crippen molar-refractivity contribution in [2.24, 2.45) is 0 Å². The average Bonchev–Trinajstić information content (AvgIpc) is 3.58. The Balaban J connectivity index is 4.05. The monoisotopic (exact) mass is 1270 g/mol. The molecular weight excluding hydrogens is 1130 g/mol. The van der Waals surface area contributed by atoms with Crippen LogP contribution in [0.1, 0.15) is 322 Å². The molecule has 90 heavy (non-hydrogen) atoms. The molecule has 0 N–H and O–H groups in total. The van der Waals surface area contributed by atoms with Gasteiger partial charge in [0, 0.05) is 12.8 Å². The van der Waals surface area contributed by atoms with E-state index in [4.69, 9.17) is 18.5 Å². The zero-order valence-corrected chi connectivity index (χ0v) is 59.9. The third kappa shape index (κ3) is 73.5. The summed E-state index contributed by atoms with van der Waals surface area (Å²) < 4.78 is 34.3. The van der Waals surface area contributed by atoms with Crippen LogP contribution in [-0.4, -0.2) is 70.0 Å². The Morgan fingerprint density at radius 2 is 0.633 bits per heavy atom. The number of hydrogen-bond donors (Lipinski definition) is 0. The number of hydrogen-bond acceptors (Lipinski definition) is 8. The lowest BCUT2D eigenvalue weighted by Crippen LogP contribution is -2.37. The highest BCUT2D eigenvalue weighted by atomic mass is 31.2. The van der Waals surface area contributed by atoms with Crippen molar-refractivity contribution in [1.82, 2.24) is 0 Å². The topological polar surface area (TPSA) is 111 Å². The second-order valence-electron chi connectivity index (χ2n) is 25.9. The molecule has 0 aromatic carbocycles. The van der Waals surface area contributed by atoms with Gasteiger partial charge in [0.05, 0.1) is 27.7 Å². The normalized spacial score (nSPS) is 13.8. The van der Waals surface area contributed by atoms with Crippen LogP contribution in [0.2, 0.25) is 0 Å². The summed E-state index contributed by atoms with van der Waals surface area (Å²) in [6, 6.07) is 0. The van der Waals surface area contributed by atoms with E-state index in [-0.39, 0.29) is 32.0 Å². The molecule has 0 aromatic heterocycles. The first-order chi connectivity index (χ1) is 44.0. The average molecular weight is 1270 g/mol. The molecule has 0 bridgehead atoms. The maximum Gasteiger partial charge on any atom is 0.306 e. The second-order valence-corrected chi connectivity index (χ2v) is 27.3. The van der Waals surface area contributed by atoms with Crippen LogP contribution in [0.15, 0.2) is 122 Å². The minimum Gasteiger partial charge on any atom is -0.756 e. The second kappa shape index (κ2) is 69.7. The minimum absolute atomic E-state index is 0.0386. The van der Waals surface area contributed by atoms with Gasteiger partial charge in [0.15, 0.2) is 6.10 Å². The highest BCUT2D eigenvalue weighted by molar-refractivity contribution is 7.45. The van der Waals surface area contributed by atoms with Gasteiger partial charge in [0.1, 0.15) is 19.8 Å². The summed E-state index contributed by atoms with van der Waals surface area (Å²) in [6.07, 6.45) is 100. The molecule has 0 fully saturated rings. The van der Waals surface area contributed by atoms with E-state index in [0.29, 0.717) is 17.4 Å². The molecule has 0 heterocycles. The van der Waals surface area contributed by atoms with Crippen molar-refractivity contribution in [1.29, 1.82) is 0 Å². The summed E-state index contributed by atoms with van der Waals surface area (Å²) in [6.45, 7) is 4.12. The lowest BCUT2D eigenvalue weighted by atomic mass is 10.0. The molecule has 0 aliphatic rings.